The number of hydrogen-bond acceptors (Lipinski definition) is 6. The summed E-state index contributed by atoms with van der Waals surface area (Å²) in [5.41, 5.74) is 5.88. The second-order valence-electron chi connectivity index (χ2n) is 7.74. The molecule has 0 spiro atoms. The highest BCUT2D eigenvalue weighted by Gasteiger charge is 2.29. The number of aryl methyl sites for hydroxylation is 2. The van der Waals surface area contributed by atoms with Crippen LogP contribution in [0.15, 0.2) is 52.0 Å². The number of nitrogens with one attached hydrogen (secondary N) is 1. The van der Waals surface area contributed by atoms with Crippen molar-refractivity contribution < 1.29 is 23.5 Å². The molecule has 4 rings (SSSR count). The molecule has 170 valence electrons. The number of hydrogen-bond donors (Lipinski definition) is 1. The van der Waals surface area contributed by atoms with E-state index in [0.29, 0.717) is 52.0 Å². The van der Waals surface area contributed by atoms with Gasteiger partial charge in [-0.15, -0.1) is 0 Å². The smallest absolute Gasteiger partial charge is 0.379 e. The Labute approximate surface area is 196 Å². The van der Waals surface area contributed by atoms with E-state index in [4.69, 9.17) is 25.5 Å². The van der Waals surface area contributed by atoms with Crippen molar-refractivity contribution in [3.63, 3.8) is 0 Å². The van der Waals surface area contributed by atoms with E-state index in [-0.39, 0.29) is 11.7 Å². The Morgan fingerprint density at radius 1 is 1.09 bits per heavy atom. The Kier molecular flexibility index (Phi) is 6.51. The summed E-state index contributed by atoms with van der Waals surface area (Å²) in [6.07, 6.45) is 2.11. The molecule has 0 saturated heterocycles. The molecule has 1 aromatic heterocycles. The van der Waals surface area contributed by atoms with E-state index in [9.17, 15) is 9.59 Å². The lowest BCUT2D eigenvalue weighted by molar-refractivity contribution is 0.0698. The lowest BCUT2D eigenvalue weighted by atomic mass is 9.93. The molecule has 33 heavy (non-hydrogen) atoms. The van der Waals surface area contributed by atoms with Gasteiger partial charge in [0.1, 0.15) is 17.3 Å². The summed E-state index contributed by atoms with van der Waals surface area (Å²) in [6, 6.07) is 11.8. The molecular formula is C25H23ClN2O5. The van der Waals surface area contributed by atoms with E-state index in [1.165, 1.54) is 0 Å². The van der Waals surface area contributed by atoms with E-state index < -0.39 is 5.97 Å². The molecule has 1 amide bonds. The van der Waals surface area contributed by atoms with Gasteiger partial charge in [-0.1, -0.05) is 17.7 Å². The number of furan rings is 1. The number of benzene rings is 2. The number of halogens is 1. The maximum Gasteiger partial charge on any atom is 0.379 e. The van der Waals surface area contributed by atoms with Gasteiger partial charge in [-0.2, -0.15) is 5.10 Å². The topological polar surface area (TPSA) is 90.1 Å². The quantitative estimate of drug-likeness (QED) is 0.315. The molecule has 1 heterocycles. The number of methoxy groups -OCH3 is 1. The van der Waals surface area contributed by atoms with Crippen LogP contribution in [0, 0.1) is 13.8 Å². The summed E-state index contributed by atoms with van der Waals surface area (Å²) < 4.78 is 16.5. The molecule has 1 aliphatic carbocycles. The Morgan fingerprint density at radius 2 is 1.91 bits per heavy atom. The lowest BCUT2D eigenvalue weighted by Crippen LogP contribution is -2.22. The summed E-state index contributed by atoms with van der Waals surface area (Å²) in [7, 11) is 1.54. The molecular weight excluding hydrogens is 444 g/mol. The first-order valence-electron chi connectivity index (χ1n) is 10.5. The maximum atomic E-state index is 12.8. The Bertz CT molecular complexity index is 1260. The van der Waals surface area contributed by atoms with Crippen LogP contribution in [0.3, 0.4) is 0 Å². The van der Waals surface area contributed by atoms with Crippen LogP contribution in [0.2, 0.25) is 5.02 Å². The van der Waals surface area contributed by atoms with Crippen molar-refractivity contribution in [1.82, 2.24) is 5.43 Å². The molecule has 0 atom stereocenters. The monoisotopic (exact) mass is 466 g/mol. The number of esters is 1. The second-order valence-corrected chi connectivity index (χ2v) is 8.15. The van der Waals surface area contributed by atoms with Crippen molar-refractivity contribution in [2.24, 2.45) is 5.10 Å². The number of rotatable bonds is 5. The van der Waals surface area contributed by atoms with Gasteiger partial charge in [-0.25, -0.2) is 10.2 Å². The van der Waals surface area contributed by atoms with Crippen molar-refractivity contribution in [1.29, 1.82) is 0 Å². The molecule has 0 aliphatic heterocycles. The summed E-state index contributed by atoms with van der Waals surface area (Å²) in [6.45, 7) is 3.62. The molecule has 0 radical (unpaired) electrons. The Balaban J connectivity index is 1.56. The molecule has 0 saturated carbocycles. The summed E-state index contributed by atoms with van der Waals surface area (Å²) in [5.74, 6) is 0.805. The van der Waals surface area contributed by atoms with Crippen LogP contribution < -0.4 is 14.9 Å². The van der Waals surface area contributed by atoms with Crippen LogP contribution in [-0.2, 0) is 6.42 Å². The van der Waals surface area contributed by atoms with Gasteiger partial charge in [0, 0.05) is 28.1 Å². The van der Waals surface area contributed by atoms with Crippen LogP contribution in [-0.4, -0.2) is 24.7 Å². The first-order chi connectivity index (χ1) is 15.9. The van der Waals surface area contributed by atoms with E-state index >= 15 is 0 Å². The average Bonchev–Trinajstić information content (AvgIpc) is 3.17. The van der Waals surface area contributed by atoms with Gasteiger partial charge in [-0.05, 0) is 68.7 Å². The fraction of sp³-hybridized carbons (Fsp3) is 0.240. The Hall–Kier alpha value is -3.58. The van der Waals surface area contributed by atoms with Gasteiger partial charge < -0.3 is 13.9 Å². The van der Waals surface area contributed by atoms with Gasteiger partial charge in [0.05, 0.1) is 12.8 Å². The fourth-order valence-corrected chi connectivity index (χ4v) is 3.87. The number of carbonyl (C=O) groups is 2. The summed E-state index contributed by atoms with van der Waals surface area (Å²) in [4.78, 5) is 25.3. The minimum Gasteiger partial charge on any atom is -0.497 e. The Morgan fingerprint density at radius 3 is 2.67 bits per heavy atom. The minimum absolute atomic E-state index is 0.126. The third kappa shape index (κ3) is 4.78. The van der Waals surface area contributed by atoms with Crippen LogP contribution in [0.25, 0.3) is 0 Å². The van der Waals surface area contributed by atoms with Crippen LogP contribution >= 0.6 is 11.6 Å². The zero-order valence-corrected chi connectivity index (χ0v) is 19.3. The highest BCUT2D eigenvalue weighted by Crippen LogP contribution is 2.31. The average molecular weight is 467 g/mol. The molecule has 7 nitrogen and oxygen atoms in total. The van der Waals surface area contributed by atoms with Crippen molar-refractivity contribution in [3.8, 4) is 11.5 Å². The first-order valence-corrected chi connectivity index (χ1v) is 10.9. The molecule has 0 fully saturated rings. The number of ether oxygens (including phenoxy) is 2. The van der Waals surface area contributed by atoms with Crippen LogP contribution in [0.5, 0.6) is 11.5 Å². The van der Waals surface area contributed by atoms with E-state index in [0.717, 1.165) is 17.5 Å². The SMILES string of the molecule is COc1cccc(C(=O)N/N=C2\CCCc3oc(C(=O)Oc4ccc(Cl)c(C)c4)c(C)c32)c1. The molecule has 8 heteroatoms. The molecule has 3 aromatic rings. The zero-order chi connectivity index (χ0) is 23.5. The lowest BCUT2D eigenvalue weighted by Gasteiger charge is -2.13. The second kappa shape index (κ2) is 9.50. The standard InChI is InChI=1S/C25H23ClN2O5/c1-14-12-18(10-11-19(14)26)32-25(30)23-15(2)22-20(8-5-9-21(22)33-23)27-28-24(29)16-6-4-7-17(13-16)31-3/h4,6-7,10-13H,5,8-9H2,1-3H3,(H,28,29)/b27-20+. The van der Waals surface area contributed by atoms with Crippen molar-refractivity contribution in [3.05, 3.63) is 81.3 Å². The molecule has 1 aliphatic rings. The minimum atomic E-state index is -0.594. The predicted octanol–water partition coefficient (Wildman–Crippen LogP) is 5.25. The maximum absolute atomic E-state index is 12.8. The van der Waals surface area contributed by atoms with Crippen molar-refractivity contribution >= 4 is 29.2 Å². The molecule has 0 bridgehead atoms. The summed E-state index contributed by atoms with van der Waals surface area (Å²) in [5, 5.41) is 4.94. The van der Waals surface area contributed by atoms with Gasteiger partial charge in [-0.3, -0.25) is 4.79 Å². The van der Waals surface area contributed by atoms with Gasteiger partial charge >= 0.3 is 5.97 Å². The van der Waals surface area contributed by atoms with Gasteiger partial charge in [0.2, 0.25) is 5.76 Å². The molecule has 2 aromatic carbocycles. The van der Waals surface area contributed by atoms with Gasteiger partial charge in [0.25, 0.3) is 5.91 Å². The van der Waals surface area contributed by atoms with Gasteiger partial charge in [0.15, 0.2) is 0 Å². The number of nitrogens with zero attached hydrogens (tertiary/aromatic N) is 1. The van der Waals surface area contributed by atoms with E-state index in [2.05, 4.69) is 10.5 Å². The number of fused-ring (bicyclic) bond motifs is 1. The van der Waals surface area contributed by atoms with E-state index in [1.54, 1.807) is 56.5 Å². The summed E-state index contributed by atoms with van der Waals surface area (Å²) >= 11 is 6.04. The third-order valence-corrected chi connectivity index (χ3v) is 5.90. The van der Waals surface area contributed by atoms with Crippen LogP contribution in [0.4, 0.5) is 0 Å². The number of carbonyl (C=O) groups excluding carboxylic acids is 2. The molecule has 0 unspecified atom stereocenters. The normalized spacial score (nSPS) is 14.0. The number of hydrazone groups is 1. The van der Waals surface area contributed by atoms with E-state index in [1.807, 2.05) is 6.92 Å². The molecule has 1 N–H and O–H groups in total. The first kappa shape index (κ1) is 22.6. The predicted molar refractivity (Wildman–Crippen MR) is 125 cm³/mol. The highest BCUT2D eigenvalue weighted by molar-refractivity contribution is 6.31. The zero-order valence-electron chi connectivity index (χ0n) is 18.5. The van der Waals surface area contributed by atoms with Crippen LogP contribution in [0.1, 0.15) is 56.2 Å². The van der Waals surface area contributed by atoms with Crippen molar-refractivity contribution in [2.75, 3.05) is 7.11 Å². The largest absolute Gasteiger partial charge is 0.497 e. The fourth-order valence-electron chi connectivity index (χ4n) is 3.76. The van der Waals surface area contributed by atoms with Crippen molar-refractivity contribution in [2.45, 2.75) is 33.1 Å². The highest BCUT2D eigenvalue weighted by atomic mass is 35.5. The third-order valence-electron chi connectivity index (χ3n) is 5.48. The number of amides is 1.